The Morgan fingerprint density at radius 1 is 0.528 bits per heavy atom. The number of hydrogen-bond acceptors (Lipinski definition) is 2. The number of aromatic nitrogens is 2. The molecule has 3 nitrogen and oxygen atoms in total. The monoisotopic (exact) mass is 683 g/mol. The van der Waals surface area contributed by atoms with E-state index in [1.165, 1.54) is 97.2 Å². The maximum Gasteiger partial charge on any atom is 0.0722 e. The van der Waals surface area contributed by atoms with Gasteiger partial charge in [-0.05, 0) is 102 Å². The minimum atomic E-state index is -0.409. The van der Waals surface area contributed by atoms with Crippen molar-refractivity contribution in [1.82, 2.24) is 9.55 Å². The van der Waals surface area contributed by atoms with Crippen molar-refractivity contribution in [2.75, 3.05) is 4.90 Å². The van der Waals surface area contributed by atoms with Crippen molar-refractivity contribution in [2.45, 2.75) is 55.9 Å². The number of nitrogens with zero attached hydrogens (tertiary/aromatic N) is 3. The van der Waals surface area contributed by atoms with Crippen LogP contribution in [0.25, 0.3) is 38.6 Å². The molecule has 1 saturated carbocycles. The number of pyridine rings is 1. The fourth-order valence-electron chi connectivity index (χ4n) is 10.9. The van der Waals surface area contributed by atoms with Crippen LogP contribution >= 0.6 is 0 Å². The number of para-hydroxylation sites is 1. The van der Waals surface area contributed by atoms with Crippen molar-refractivity contribution in [3.05, 3.63) is 192 Å². The molecule has 8 aromatic rings. The zero-order valence-electron chi connectivity index (χ0n) is 30.3. The number of hydrogen-bond donors (Lipinski definition) is 0. The summed E-state index contributed by atoms with van der Waals surface area (Å²) in [5.41, 5.74) is 14.8. The predicted molar refractivity (Wildman–Crippen MR) is 219 cm³/mol. The van der Waals surface area contributed by atoms with Crippen LogP contribution in [-0.4, -0.2) is 15.1 Å². The van der Waals surface area contributed by atoms with Gasteiger partial charge < -0.3 is 9.47 Å². The second kappa shape index (κ2) is 11.0. The van der Waals surface area contributed by atoms with Gasteiger partial charge in [-0.25, -0.2) is 0 Å². The summed E-state index contributed by atoms with van der Waals surface area (Å²) in [5.74, 6) is 0. The molecule has 0 saturated heterocycles. The summed E-state index contributed by atoms with van der Waals surface area (Å²) in [5, 5.41) is 2.55. The minimum absolute atomic E-state index is 0.0141. The molecule has 3 heteroatoms. The third-order valence-electron chi connectivity index (χ3n) is 13.4. The van der Waals surface area contributed by atoms with Gasteiger partial charge in [0.2, 0.25) is 0 Å². The Kier molecular flexibility index (Phi) is 6.39. The van der Waals surface area contributed by atoms with Gasteiger partial charge in [0.05, 0.1) is 33.4 Å². The molecule has 0 bridgehead atoms. The molecule has 0 amide bonds. The van der Waals surface area contributed by atoms with Crippen LogP contribution in [0.15, 0.2) is 164 Å². The van der Waals surface area contributed by atoms with Gasteiger partial charge in [0.15, 0.2) is 0 Å². The van der Waals surface area contributed by atoms with Crippen molar-refractivity contribution in [3.8, 4) is 16.8 Å². The first-order chi connectivity index (χ1) is 26.0. The van der Waals surface area contributed by atoms with Crippen molar-refractivity contribution in [1.29, 1.82) is 0 Å². The molecule has 0 radical (unpaired) electrons. The van der Waals surface area contributed by atoms with Gasteiger partial charge in [0.1, 0.15) is 0 Å². The summed E-state index contributed by atoms with van der Waals surface area (Å²) < 4.78 is 2.48. The Labute approximate surface area is 311 Å². The second-order valence-electron chi connectivity index (χ2n) is 15.8. The van der Waals surface area contributed by atoms with Crippen LogP contribution in [0.1, 0.15) is 67.5 Å². The molecule has 2 atom stereocenters. The quantitative estimate of drug-likeness (QED) is 0.184. The van der Waals surface area contributed by atoms with Gasteiger partial charge in [-0.1, -0.05) is 129 Å². The summed E-state index contributed by atoms with van der Waals surface area (Å²) in [6.07, 6.45) is 6.81. The van der Waals surface area contributed by atoms with Crippen molar-refractivity contribution in [3.63, 3.8) is 0 Å². The highest BCUT2D eigenvalue weighted by atomic mass is 15.3. The Hall–Kier alpha value is -5.93. The van der Waals surface area contributed by atoms with E-state index in [4.69, 9.17) is 4.98 Å². The Morgan fingerprint density at radius 3 is 2.00 bits per heavy atom. The topological polar surface area (TPSA) is 21.1 Å². The summed E-state index contributed by atoms with van der Waals surface area (Å²) in [7, 11) is 0. The molecule has 1 fully saturated rings. The number of anilines is 2. The van der Waals surface area contributed by atoms with Crippen LogP contribution in [0.3, 0.4) is 0 Å². The molecule has 2 aliphatic carbocycles. The highest BCUT2D eigenvalue weighted by Gasteiger charge is 2.58. The SMILES string of the molecule is CC12CCCCC1(C)N(c1ccc3c(c1)c1ccccc1n3-c1ccc3c(c1)-c1ccccc1C3(c1ccccc1)c1ccccc1)c1cccnc12. The van der Waals surface area contributed by atoms with Gasteiger partial charge in [-0.15, -0.1) is 0 Å². The largest absolute Gasteiger partial charge is 0.333 e. The minimum Gasteiger partial charge on any atom is -0.333 e. The summed E-state index contributed by atoms with van der Waals surface area (Å²) in [4.78, 5) is 7.68. The molecule has 2 aromatic heterocycles. The van der Waals surface area contributed by atoms with E-state index in [1.54, 1.807) is 0 Å². The molecule has 6 aromatic carbocycles. The lowest BCUT2D eigenvalue weighted by atomic mass is 9.63. The lowest BCUT2D eigenvalue weighted by molar-refractivity contribution is 0.191. The smallest absolute Gasteiger partial charge is 0.0722 e. The first-order valence-electron chi connectivity index (χ1n) is 19.2. The molecule has 2 unspecified atom stereocenters. The summed E-state index contributed by atoms with van der Waals surface area (Å²) in [6, 6.07) is 58.8. The van der Waals surface area contributed by atoms with Crippen LogP contribution in [0.4, 0.5) is 11.4 Å². The van der Waals surface area contributed by atoms with Crippen LogP contribution in [0.5, 0.6) is 0 Å². The average Bonchev–Trinajstić information content (AvgIpc) is 3.78. The highest BCUT2D eigenvalue weighted by molar-refractivity contribution is 6.10. The normalized spacial score (nSPS) is 21.0. The average molecular weight is 684 g/mol. The van der Waals surface area contributed by atoms with Gasteiger partial charge in [0, 0.05) is 33.8 Å². The predicted octanol–water partition coefficient (Wildman–Crippen LogP) is 12.3. The lowest BCUT2D eigenvalue weighted by Crippen LogP contribution is -2.54. The maximum absolute atomic E-state index is 5.04. The summed E-state index contributed by atoms with van der Waals surface area (Å²) in [6.45, 7) is 4.94. The number of fused-ring (bicyclic) bond motifs is 9. The molecule has 53 heavy (non-hydrogen) atoms. The van der Waals surface area contributed by atoms with Gasteiger partial charge in [0.25, 0.3) is 0 Å². The zero-order valence-corrected chi connectivity index (χ0v) is 30.3. The van der Waals surface area contributed by atoms with E-state index in [0.717, 1.165) is 6.42 Å². The van der Waals surface area contributed by atoms with E-state index in [-0.39, 0.29) is 11.0 Å². The van der Waals surface area contributed by atoms with Crippen LogP contribution in [-0.2, 0) is 10.8 Å². The number of rotatable bonds is 4. The van der Waals surface area contributed by atoms with Crippen molar-refractivity contribution in [2.24, 2.45) is 0 Å². The van der Waals surface area contributed by atoms with E-state index in [2.05, 4.69) is 181 Å². The van der Waals surface area contributed by atoms with E-state index in [9.17, 15) is 0 Å². The first-order valence-corrected chi connectivity index (χ1v) is 19.2. The van der Waals surface area contributed by atoms with Crippen molar-refractivity contribution < 1.29 is 0 Å². The fourth-order valence-corrected chi connectivity index (χ4v) is 10.9. The first kappa shape index (κ1) is 30.7. The van der Waals surface area contributed by atoms with E-state index in [0.29, 0.717) is 0 Å². The second-order valence-corrected chi connectivity index (χ2v) is 15.8. The van der Waals surface area contributed by atoms with Crippen LogP contribution < -0.4 is 4.90 Å². The molecule has 3 aliphatic rings. The fraction of sp³-hybridized carbons (Fsp3) is 0.180. The third kappa shape index (κ3) is 3.92. The Balaban J connectivity index is 1.13. The molecular formula is C50H41N3. The molecule has 0 N–H and O–H groups in total. The highest BCUT2D eigenvalue weighted by Crippen LogP contribution is 2.60. The molecule has 11 rings (SSSR count). The van der Waals surface area contributed by atoms with Gasteiger partial charge in [-0.3, -0.25) is 4.98 Å². The van der Waals surface area contributed by atoms with Gasteiger partial charge in [-0.2, -0.15) is 0 Å². The van der Waals surface area contributed by atoms with E-state index >= 15 is 0 Å². The molecule has 0 spiro atoms. The van der Waals surface area contributed by atoms with Crippen LogP contribution in [0, 0.1) is 0 Å². The van der Waals surface area contributed by atoms with Gasteiger partial charge >= 0.3 is 0 Å². The Bertz CT molecular complexity index is 2690. The standard InChI is InChI=1S/C50H41N3/c1-48-29-13-14-30-49(48,2)53(46-24-15-31-51-47(46)48)37-26-28-45-41(33-37)39-21-10-12-23-44(39)52(45)36-25-27-43-40(32-36)38-20-9-11-22-42(38)50(43,34-16-5-3-6-17-34)35-18-7-4-8-19-35/h3-12,15-28,31-33H,13-14,29-30H2,1-2H3. The molecule has 256 valence electrons. The van der Waals surface area contributed by atoms with E-state index < -0.39 is 5.41 Å². The molecule has 3 heterocycles. The Morgan fingerprint density at radius 2 is 1.19 bits per heavy atom. The van der Waals surface area contributed by atoms with Crippen molar-refractivity contribution >= 4 is 33.2 Å². The summed E-state index contributed by atoms with van der Waals surface area (Å²) >= 11 is 0. The number of benzene rings is 6. The molecule has 1 aliphatic heterocycles. The van der Waals surface area contributed by atoms with Crippen LogP contribution in [0.2, 0.25) is 0 Å². The van der Waals surface area contributed by atoms with E-state index in [1.807, 2.05) is 6.20 Å². The third-order valence-corrected chi connectivity index (χ3v) is 13.4. The lowest BCUT2D eigenvalue weighted by Gasteiger charge is -2.49. The maximum atomic E-state index is 5.04. The zero-order chi connectivity index (χ0) is 35.4. The molecular weight excluding hydrogens is 643 g/mol.